The summed E-state index contributed by atoms with van der Waals surface area (Å²) < 4.78 is 53.5. The van der Waals surface area contributed by atoms with Gasteiger partial charge in [-0.3, -0.25) is 13.9 Å². The third-order valence-electron chi connectivity index (χ3n) is 7.71. The van der Waals surface area contributed by atoms with Crippen LogP contribution in [0, 0.1) is 11.6 Å². The molecule has 0 bridgehead atoms. The van der Waals surface area contributed by atoms with Crippen molar-refractivity contribution >= 4 is 50.7 Å². The molecule has 1 atom stereocenters. The van der Waals surface area contributed by atoms with Gasteiger partial charge in [0.15, 0.2) is 11.6 Å². The van der Waals surface area contributed by atoms with E-state index in [0.29, 0.717) is 15.6 Å². The van der Waals surface area contributed by atoms with E-state index in [1.54, 1.807) is 18.2 Å². The molecule has 0 aromatic heterocycles. The minimum Gasteiger partial charge on any atom is -0.352 e. The molecule has 236 valence electrons. The molecule has 1 N–H and O–H groups in total. The molecule has 0 unspecified atom stereocenters. The number of nitrogens with zero attached hydrogens (tertiary/aromatic N) is 2. The number of carbonyl (C=O) groups is 2. The second-order valence-electron chi connectivity index (χ2n) is 11.0. The first-order valence-electron chi connectivity index (χ1n) is 14.4. The number of nitrogens with one attached hydrogen (secondary N) is 1. The molecule has 0 aliphatic heterocycles. The minimum absolute atomic E-state index is 0.0149. The van der Waals surface area contributed by atoms with Gasteiger partial charge >= 0.3 is 0 Å². The Hall–Kier alpha value is -3.21. The van der Waals surface area contributed by atoms with Gasteiger partial charge in [0.05, 0.1) is 11.9 Å². The monoisotopic (exact) mass is 665 g/mol. The number of hydrogen-bond donors (Lipinski definition) is 1. The summed E-state index contributed by atoms with van der Waals surface area (Å²) in [4.78, 5) is 29.3. The molecule has 44 heavy (non-hydrogen) atoms. The van der Waals surface area contributed by atoms with Gasteiger partial charge in [-0.1, -0.05) is 72.4 Å². The molecule has 1 saturated carbocycles. The second-order valence-corrected chi connectivity index (χ2v) is 13.7. The predicted octanol–water partition coefficient (Wildman–Crippen LogP) is 6.52. The number of benzene rings is 3. The van der Waals surface area contributed by atoms with E-state index in [1.807, 2.05) is 30.3 Å². The number of halogens is 4. The van der Waals surface area contributed by atoms with E-state index in [4.69, 9.17) is 23.2 Å². The molecule has 3 aromatic rings. The van der Waals surface area contributed by atoms with Crippen LogP contribution < -0.4 is 9.62 Å². The van der Waals surface area contributed by atoms with Gasteiger partial charge in [-0.15, -0.1) is 0 Å². The standard InChI is InChI=1S/C32H35Cl2F2N3O4S/c1-44(42,43)39(24-16-17-28(35)29(36)20-24)18-8-15-31(40)38(21-25-26(33)13-7-14-27(25)34)30(19-22-9-3-2-4-10-22)32(41)37-23-11-5-6-12-23/h2-4,7,9-10,13-14,16-17,20,23,30H,5-6,8,11-12,15,18-19,21H2,1H3,(H,37,41)/t30-/m0/s1. The van der Waals surface area contributed by atoms with Gasteiger partial charge in [-0.2, -0.15) is 0 Å². The summed E-state index contributed by atoms with van der Waals surface area (Å²) in [5.74, 6) is -3.00. The van der Waals surface area contributed by atoms with Gasteiger partial charge in [-0.25, -0.2) is 17.2 Å². The van der Waals surface area contributed by atoms with Crippen LogP contribution in [0.3, 0.4) is 0 Å². The van der Waals surface area contributed by atoms with Crippen molar-refractivity contribution in [1.29, 1.82) is 0 Å². The summed E-state index contributed by atoms with van der Waals surface area (Å²) >= 11 is 13.0. The predicted molar refractivity (Wildman–Crippen MR) is 169 cm³/mol. The Bertz CT molecular complexity index is 1550. The van der Waals surface area contributed by atoms with Crippen molar-refractivity contribution in [2.45, 2.75) is 63.6 Å². The Morgan fingerprint density at radius 3 is 2.23 bits per heavy atom. The topological polar surface area (TPSA) is 86.8 Å². The molecule has 0 radical (unpaired) electrons. The Morgan fingerprint density at radius 1 is 0.955 bits per heavy atom. The Balaban J connectivity index is 1.62. The molecule has 2 amide bonds. The second kappa shape index (κ2) is 15.2. The fourth-order valence-electron chi connectivity index (χ4n) is 5.42. The summed E-state index contributed by atoms with van der Waals surface area (Å²) in [6.07, 6.45) is 4.84. The van der Waals surface area contributed by atoms with Crippen LogP contribution in [-0.2, 0) is 32.6 Å². The Kier molecular flexibility index (Phi) is 11.6. The van der Waals surface area contributed by atoms with Gasteiger partial charge in [0.1, 0.15) is 6.04 Å². The molecule has 4 rings (SSSR count). The molecule has 0 heterocycles. The largest absolute Gasteiger partial charge is 0.352 e. The minimum atomic E-state index is -3.89. The average molecular weight is 667 g/mol. The highest BCUT2D eigenvalue weighted by molar-refractivity contribution is 7.92. The van der Waals surface area contributed by atoms with E-state index in [2.05, 4.69) is 5.32 Å². The lowest BCUT2D eigenvalue weighted by Gasteiger charge is -2.33. The van der Waals surface area contributed by atoms with Crippen LogP contribution in [-0.4, -0.2) is 50.0 Å². The normalized spacial score (nSPS) is 14.3. The van der Waals surface area contributed by atoms with E-state index in [1.165, 1.54) is 4.90 Å². The van der Waals surface area contributed by atoms with Crippen LogP contribution in [0.5, 0.6) is 0 Å². The summed E-state index contributed by atoms with van der Waals surface area (Å²) in [7, 11) is -3.89. The summed E-state index contributed by atoms with van der Waals surface area (Å²) in [5.41, 5.74) is 1.27. The number of carbonyl (C=O) groups excluding carboxylic acids is 2. The molecule has 0 spiro atoms. The van der Waals surface area contributed by atoms with Crippen LogP contribution in [0.25, 0.3) is 0 Å². The number of hydrogen-bond acceptors (Lipinski definition) is 4. The number of sulfonamides is 1. The van der Waals surface area contributed by atoms with E-state index >= 15 is 0 Å². The molecular formula is C32H35Cl2F2N3O4S. The lowest BCUT2D eigenvalue weighted by molar-refractivity contribution is -0.141. The zero-order chi connectivity index (χ0) is 31.9. The first-order chi connectivity index (χ1) is 20.9. The average Bonchev–Trinajstić information content (AvgIpc) is 3.49. The van der Waals surface area contributed by atoms with E-state index in [9.17, 15) is 26.8 Å². The highest BCUT2D eigenvalue weighted by Gasteiger charge is 2.33. The molecular weight excluding hydrogens is 631 g/mol. The zero-order valence-corrected chi connectivity index (χ0v) is 26.6. The third-order valence-corrected chi connectivity index (χ3v) is 9.61. The van der Waals surface area contributed by atoms with Crippen LogP contribution in [0.4, 0.5) is 14.5 Å². The van der Waals surface area contributed by atoms with Gasteiger partial charge in [0, 0.05) is 53.6 Å². The van der Waals surface area contributed by atoms with Crippen molar-refractivity contribution in [2.75, 3.05) is 17.1 Å². The van der Waals surface area contributed by atoms with Crippen LogP contribution in [0.1, 0.15) is 49.7 Å². The van der Waals surface area contributed by atoms with Gasteiger partial charge in [-0.05, 0) is 49.1 Å². The van der Waals surface area contributed by atoms with Crippen molar-refractivity contribution in [1.82, 2.24) is 10.2 Å². The first-order valence-corrected chi connectivity index (χ1v) is 17.0. The third kappa shape index (κ3) is 8.92. The van der Waals surface area contributed by atoms with Crippen molar-refractivity contribution in [2.24, 2.45) is 0 Å². The smallest absolute Gasteiger partial charge is 0.243 e. The van der Waals surface area contributed by atoms with Gasteiger partial charge < -0.3 is 10.2 Å². The maximum atomic E-state index is 14.0. The first kappa shape index (κ1) is 33.7. The van der Waals surface area contributed by atoms with Crippen molar-refractivity contribution in [3.8, 4) is 0 Å². The van der Waals surface area contributed by atoms with Crippen molar-refractivity contribution in [3.63, 3.8) is 0 Å². The van der Waals surface area contributed by atoms with Crippen molar-refractivity contribution in [3.05, 3.63) is 99.5 Å². The zero-order valence-electron chi connectivity index (χ0n) is 24.3. The molecule has 3 aromatic carbocycles. The molecule has 1 fully saturated rings. The molecule has 0 saturated heterocycles. The maximum Gasteiger partial charge on any atom is 0.243 e. The summed E-state index contributed by atoms with van der Waals surface area (Å²) in [6.45, 7) is -0.222. The van der Waals surface area contributed by atoms with E-state index < -0.39 is 33.6 Å². The fourth-order valence-corrected chi connectivity index (χ4v) is 6.89. The maximum absolute atomic E-state index is 14.0. The molecule has 7 nitrogen and oxygen atoms in total. The number of amides is 2. The summed E-state index contributed by atoms with van der Waals surface area (Å²) in [5, 5.41) is 3.80. The lowest BCUT2D eigenvalue weighted by atomic mass is 10.0. The van der Waals surface area contributed by atoms with Gasteiger partial charge in [0.2, 0.25) is 21.8 Å². The van der Waals surface area contributed by atoms with Crippen molar-refractivity contribution < 1.29 is 26.8 Å². The number of rotatable bonds is 13. The van der Waals surface area contributed by atoms with Gasteiger partial charge in [0.25, 0.3) is 0 Å². The van der Waals surface area contributed by atoms with Crippen LogP contribution in [0.2, 0.25) is 10.0 Å². The van der Waals surface area contributed by atoms with E-state index in [-0.39, 0.29) is 50.0 Å². The molecule has 1 aliphatic rings. The highest BCUT2D eigenvalue weighted by atomic mass is 35.5. The Morgan fingerprint density at radius 2 is 1.61 bits per heavy atom. The van der Waals surface area contributed by atoms with E-state index in [0.717, 1.165) is 60.0 Å². The molecule has 12 heteroatoms. The highest BCUT2D eigenvalue weighted by Crippen LogP contribution is 2.28. The lowest BCUT2D eigenvalue weighted by Crippen LogP contribution is -2.52. The SMILES string of the molecule is CS(=O)(=O)N(CCCC(=O)N(Cc1c(Cl)cccc1Cl)[C@@H](Cc1ccccc1)C(=O)NC1CCCC1)c1ccc(F)c(F)c1. The van der Waals surface area contributed by atoms with Crippen LogP contribution >= 0.6 is 23.2 Å². The van der Waals surface area contributed by atoms with Crippen LogP contribution in [0.15, 0.2) is 66.7 Å². The fraction of sp³-hybridized carbons (Fsp3) is 0.375. The quantitative estimate of drug-likeness (QED) is 0.225. The number of anilines is 1. The molecule has 1 aliphatic carbocycles. The summed E-state index contributed by atoms with van der Waals surface area (Å²) in [6, 6.07) is 16.3. The Labute approximate surface area is 267 Å².